The molecule has 98 valence electrons. The minimum atomic E-state index is 0.0308. The molecule has 20 heavy (non-hydrogen) atoms. The van der Waals surface area contributed by atoms with E-state index in [1.807, 2.05) is 24.3 Å². The molecule has 0 fully saturated rings. The molecule has 0 heterocycles. The molecule has 2 aromatic carbocycles. The molecule has 1 aliphatic rings. The summed E-state index contributed by atoms with van der Waals surface area (Å²) in [6, 6.07) is 14.5. The Balaban J connectivity index is 1.92. The summed E-state index contributed by atoms with van der Waals surface area (Å²) >= 11 is 0. The van der Waals surface area contributed by atoms with Gasteiger partial charge >= 0.3 is 0 Å². The molecule has 0 bridgehead atoms. The van der Waals surface area contributed by atoms with Gasteiger partial charge in [0.05, 0.1) is 0 Å². The maximum absolute atomic E-state index is 11.7. The minimum absolute atomic E-state index is 0.0308. The van der Waals surface area contributed by atoms with E-state index in [0.29, 0.717) is 23.5 Å². The van der Waals surface area contributed by atoms with Crippen LogP contribution in [0.4, 0.5) is 0 Å². The van der Waals surface area contributed by atoms with Crippen molar-refractivity contribution in [3.05, 3.63) is 71.3 Å². The van der Waals surface area contributed by atoms with Crippen molar-refractivity contribution in [3.63, 3.8) is 0 Å². The van der Waals surface area contributed by atoms with Gasteiger partial charge in [0.25, 0.3) is 0 Å². The van der Waals surface area contributed by atoms with Gasteiger partial charge in [0, 0.05) is 23.6 Å². The van der Waals surface area contributed by atoms with Crippen molar-refractivity contribution in [2.24, 2.45) is 0 Å². The van der Waals surface area contributed by atoms with Crippen molar-refractivity contribution in [3.8, 4) is 5.75 Å². The van der Waals surface area contributed by atoms with Gasteiger partial charge in [-0.3, -0.25) is 9.59 Å². The summed E-state index contributed by atoms with van der Waals surface area (Å²) in [5.41, 5.74) is 2.50. The highest BCUT2D eigenvalue weighted by atomic mass is 16.5. The lowest BCUT2D eigenvalue weighted by Gasteiger charge is -2.17. The maximum atomic E-state index is 11.7. The highest BCUT2D eigenvalue weighted by molar-refractivity contribution is 6.00. The second-order valence-electron chi connectivity index (χ2n) is 4.60. The number of hydrogen-bond donors (Lipinski definition) is 0. The second kappa shape index (κ2) is 5.13. The standard InChI is InChI=1S/C17H12O3/c18-11-12-5-7-15(8-6-12)20-17-10-14(19)9-13-3-1-2-4-16(13)17/h1-8,10-11H,9H2. The summed E-state index contributed by atoms with van der Waals surface area (Å²) in [6.45, 7) is 0. The Morgan fingerprint density at radius 2 is 1.75 bits per heavy atom. The van der Waals surface area contributed by atoms with Crippen LogP contribution in [0.2, 0.25) is 0 Å². The summed E-state index contributed by atoms with van der Waals surface area (Å²) in [5.74, 6) is 1.19. The molecule has 0 N–H and O–H groups in total. The third-order valence-electron chi connectivity index (χ3n) is 3.18. The van der Waals surface area contributed by atoms with Gasteiger partial charge in [-0.15, -0.1) is 0 Å². The van der Waals surface area contributed by atoms with Crippen molar-refractivity contribution in [1.82, 2.24) is 0 Å². The molecular formula is C17H12O3. The van der Waals surface area contributed by atoms with Crippen LogP contribution in [-0.2, 0) is 11.2 Å². The number of rotatable bonds is 3. The number of ketones is 1. The van der Waals surface area contributed by atoms with E-state index in [1.54, 1.807) is 24.3 Å². The number of allylic oxidation sites excluding steroid dienone is 1. The Morgan fingerprint density at radius 1 is 1.00 bits per heavy atom. The first-order chi connectivity index (χ1) is 9.76. The van der Waals surface area contributed by atoms with E-state index in [-0.39, 0.29) is 5.78 Å². The molecule has 3 rings (SSSR count). The van der Waals surface area contributed by atoms with Gasteiger partial charge in [-0.2, -0.15) is 0 Å². The summed E-state index contributed by atoms with van der Waals surface area (Å²) in [7, 11) is 0. The topological polar surface area (TPSA) is 43.4 Å². The summed E-state index contributed by atoms with van der Waals surface area (Å²) in [6.07, 6.45) is 2.71. The van der Waals surface area contributed by atoms with Gasteiger partial charge in [-0.25, -0.2) is 0 Å². The fraction of sp³-hybridized carbons (Fsp3) is 0.0588. The number of hydrogen-bond acceptors (Lipinski definition) is 3. The average molecular weight is 264 g/mol. The van der Waals surface area contributed by atoms with Crippen LogP contribution in [0.3, 0.4) is 0 Å². The van der Waals surface area contributed by atoms with Crippen LogP contribution in [-0.4, -0.2) is 12.1 Å². The molecule has 2 aromatic rings. The Hall–Kier alpha value is -2.68. The summed E-state index contributed by atoms with van der Waals surface area (Å²) < 4.78 is 5.78. The Kier molecular flexibility index (Phi) is 3.17. The lowest BCUT2D eigenvalue weighted by Crippen LogP contribution is -2.11. The van der Waals surface area contributed by atoms with Gasteiger partial charge in [-0.1, -0.05) is 24.3 Å². The molecule has 0 saturated carbocycles. The molecule has 3 nitrogen and oxygen atoms in total. The lowest BCUT2D eigenvalue weighted by molar-refractivity contribution is -0.114. The highest BCUT2D eigenvalue weighted by Crippen LogP contribution is 2.27. The Labute approximate surface area is 116 Å². The Morgan fingerprint density at radius 3 is 2.50 bits per heavy atom. The number of carbonyl (C=O) groups is 2. The van der Waals surface area contributed by atoms with Gasteiger partial charge in [0.1, 0.15) is 17.8 Å². The SMILES string of the molecule is O=Cc1ccc(OC2=CC(=O)Cc3ccccc32)cc1. The zero-order valence-electron chi connectivity index (χ0n) is 10.7. The molecular weight excluding hydrogens is 252 g/mol. The van der Waals surface area contributed by atoms with Gasteiger partial charge in [0.2, 0.25) is 0 Å². The van der Waals surface area contributed by atoms with Crippen LogP contribution in [0, 0.1) is 0 Å². The lowest BCUT2D eigenvalue weighted by atomic mass is 9.95. The fourth-order valence-corrected chi connectivity index (χ4v) is 2.20. The molecule has 0 amide bonds. The van der Waals surface area contributed by atoms with Crippen LogP contribution < -0.4 is 4.74 Å². The van der Waals surface area contributed by atoms with E-state index in [9.17, 15) is 9.59 Å². The van der Waals surface area contributed by atoms with Crippen molar-refractivity contribution >= 4 is 17.8 Å². The smallest absolute Gasteiger partial charge is 0.163 e. The zero-order valence-corrected chi connectivity index (χ0v) is 10.7. The van der Waals surface area contributed by atoms with E-state index in [2.05, 4.69) is 0 Å². The molecule has 3 heteroatoms. The van der Waals surface area contributed by atoms with Crippen molar-refractivity contribution in [1.29, 1.82) is 0 Å². The van der Waals surface area contributed by atoms with Crippen LogP contribution in [0.25, 0.3) is 5.76 Å². The number of ether oxygens (including phenoxy) is 1. The molecule has 1 aliphatic carbocycles. The van der Waals surface area contributed by atoms with Gasteiger partial charge < -0.3 is 4.74 Å². The average Bonchev–Trinajstić information content (AvgIpc) is 2.48. The molecule has 0 aromatic heterocycles. The first-order valence-corrected chi connectivity index (χ1v) is 6.32. The zero-order chi connectivity index (χ0) is 13.9. The number of benzene rings is 2. The van der Waals surface area contributed by atoms with Crippen molar-refractivity contribution < 1.29 is 14.3 Å². The number of fused-ring (bicyclic) bond motifs is 1. The van der Waals surface area contributed by atoms with Crippen LogP contribution >= 0.6 is 0 Å². The first kappa shape index (κ1) is 12.4. The third kappa shape index (κ3) is 2.38. The molecule has 0 radical (unpaired) electrons. The molecule has 0 aliphatic heterocycles. The molecule has 0 unspecified atom stereocenters. The third-order valence-corrected chi connectivity index (χ3v) is 3.18. The van der Waals surface area contributed by atoms with Gasteiger partial charge in [-0.05, 0) is 29.8 Å². The minimum Gasteiger partial charge on any atom is -0.457 e. The van der Waals surface area contributed by atoms with Gasteiger partial charge in [0.15, 0.2) is 5.78 Å². The van der Waals surface area contributed by atoms with E-state index in [4.69, 9.17) is 4.74 Å². The molecule has 0 spiro atoms. The van der Waals surface area contributed by atoms with E-state index in [1.165, 1.54) is 6.08 Å². The largest absolute Gasteiger partial charge is 0.457 e. The predicted molar refractivity (Wildman–Crippen MR) is 75.6 cm³/mol. The fourth-order valence-electron chi connectivity index (χ4n) is 2.20. The predicted octanol–water partition coefficient (Wildman–Crippen LogP) is 3.04. The summed E-state index contributed by atoms with van der Waals surface area (Å²) in [4.78, 5) is 22.3. The van der Waals surface area contributed by atoms with E-state index < -0.39 is 0 Å². The summed E-state index contributed by atoms with van der Waals surface area (Å²) in [5, 5.41) is 0. The van der Waals surface area contributed by atoms with E-state index >= 15 is 0 Å². The van der Waals surface area contributed by atoms with Crippen LogP contribution in [0.1, 0.15) is 21.5 Å². The van der Waals surface area contributed by atoms with E-state index in [0.717, 1.165) is 17.4 Å². The highest BCUT2D eigenvalue weighted by Gasteiger charge is 2.18. The second-order valence-corrected chi connectivity index (χ2v) is 4.60. The number of aldehydes is 1. The van der Waals surface area contributed by atoms with Crippen LogP contribution in [0.15, 0.2) is 54.6 Å². The van der Waals surface area contributed by atoms with Crippen molar-refractivity contribution in [2.75, 3.05) is 0 Å². The Bertz CT molecular complexity index is 696. The van der Waals surface area contributed by atoms with Crippen molar-refractivity contribution in [2.45, 2.75) is 6.42 Å². The number of carbonyl (C=O) groups excluding carboxylic acids is 2. The molecule has 0 atom stereocenters. The normalized spacial score (nSPS) is 13.4. The first-order valence-electron chi connectivity index (χ1n) is 6.32. The monoisotopic (exact) mass is 264 g/mol. The quantitative estimate of drug-likeness (QED) is 0.800. The molecule has 0 saturated heterocycles. The van der Waals surface area contributed by atoms with Crippen LogP contribution in [0.5, 0.6) is 5.75 Å². The maximum Gasteiger partial charge on any atom is 0.163 e.